The molecular formula is C8H7N3O. The molecule has 0 amide bonds. The minimum atomic E-state index is -0.0394. The molecule has 2 heterocycles. The van der Waals surface area contributed by atoms with Crippen LogP contribution >= 0.6 is 0 Å². The van der Waals surface area contributed by atoms with E-state index in [1.807, 2.05) is 6.07 Å². The maximum atomic E-state index is 11.4. The number of pyridine rings is 1. The molecule has 60 valence electrons. The lowest BCUT2D eigenvalue weighted by Gasteiger charge is -1.97. The highest BCUT2D eigenvalue weighted by molar-refractivity contribution is 5.79. The van der Waals surface area contributed by atoms with Crippen molar-refractivity contribution in [1.82, 2.24) is 14.8 Å². The number of hydrogen-bond donors (Lipinski definition) is 0. The maximum Gasteiger partial charge on any atom is 0.259 e. The van der Waals surface area contributed by atoms with Gasteiger partial charge in [0.2, 0.25) is 0 Å². The first-order chi connectivity index (χ1) is 5.79. The van der Waals surface area contributed by atoms with Gasteiger partial charge in [-0.1, -0.05) is 0 Å². The number of hydrogen-bond acceptors (Lipinski definition) is 3. The number of aryl methyl sites for hydroxylation is 1. The molecule has 2 aromatic rings. The molecule has 0 unspecified atom stereocenters. The molecule has 0 spiro atoms. The van der Waals surface area contributed by atoms with Gasteiger partial charge in [0, 0.05) is 18.6 Å². The van der Waals surface area contributed by atoms with Crippen LogP contribution in [0.1, 0.15) is 0 Å². The minimum Gasteiger partial charge on any atom is -0.318 e. The van der Waals surface area contributed by atoms with Gasteiger partial charge in [0.25, 0.3) is 5.56 Å². The summed E-state index contributed by atoms with van der Waals surface area (Å²) in [4.78, 5) is 11.4. The molecule has 2 rings (SSSR count). The van der Waals surface area contributed by atoms with Crippen molar-refractivity contribution in [3.63, 3.8) is 0 Å². The zero-order chi connectivity index (χ0) is 8.55. The van der Waals surface area contributed by atoms with E-state index in [2.05, 4.69) is 10.2 Å². The van der Waals surface area contributed by atoms with E-state index in [9.17, 15) is 4.79 Å². The van der Waals surface area contributed by atoms with E-state index in [0.717, 1.165) is 5.39 Å². The number of rotatable bonds is 0. The number of fused-ring (bicyclic) bond motifs is 1. The highest BCUT2D eigenvalue weighted by Gasteiger charge is 1.98. The Morgan fingerprint density at radius 3 is 2.92 bits per heavy atom. The predicted octanol–water partition coefficient (Wildman–Crippen LogP) is 0.328. The Kier molecular flexibility index (Phi) is 1.40. The second kappa shape index (κ2) is 2.41. The fraction of sp³-hybridized carbons (Fsp3) is 0.125. The SMILES string of the molecule is Cn1ccc2cnncc2c1=O. The van der Waals surface area contributed by atoms with Gasteiger partial charge >= 0.3 is 0 Å². The van der Waals surface area contributed by atoms with Gasteiger partial charge in [0.05, 0.1) is 17.8 Å². The first kappa shape index (κ1) is 6.97. The third-order valence-corrected chi connectivity index (χ3v) is 1.79. The van der Waals surface area contributed by atoms with E-state index in [0.29, 0.717) is 5.39 Å². The number of nitrogens with zero attached hydrogens (tertiary/aromatic N) is 3. The summed E-state index contributed by atoms with van der Waals surface area (Å²) in [5, 5.41) is 8.77. The standard InChI is InChI=1S/C8H7N3O/c1-11-3-2-6-4-9-10-5-7(6)8(11)12/h2-5H,1H3. The van der Waals surface area contributed by atoms with Crippen molar-refractivity contribution in [2.24, 2.45) is 7.05 Å². The van der Waals surface area contributed by atoms with Gasteiger partial charge in [-0.2, -0.15) is 10.2 Å². The molecule has 0 bridgehead atoms. The van der Waals surface area contributed by atoms with Gasteiger partial charge in [0.1, 0.15) is 0 Å². The van der Waals surface area contributed by atoms with Crippen LogP contribution in [0.15, 0.2) is 29.5 Å². The molecule has 0 N–H and O–H groups in total. The maximum absolute atomic E-state index is 11.4. The normalized spacial score (nSPS) is 10.4. The largest absolute Gasteiger partial charge is 0.318 e. The van der Waals surface area contributed by atoms with Crippen LogP contribution in [0.3, 0.4) is 0 Å². The van der Waals surface area contributed by atoms with E-state index >= 15 is 0 Å². The Hall–Kier alpha value is -1.71. The van der Waals surface area contributed by atoms with Gasteiger partial charge in [-0.25, -0.2) is 0 Å². The lowest BCUT2D eigenvalue weighted by Crippen LogP contribution is -2.15. The minimum absolute atomic E-state index is 0.0394. The van der Waals surface area contributed by atoms with Crippen LogP contribution in [0.25, 0.3) is 10.8 Å². The fourth-order valence-electron chi connectivity index (χ4n) is 1.09. The van der Waals surface area contributed by atoms with Crippen LogP contribution in [-0.4, -0.2) is 14.8 Å². The van der Waals surface area contributed by atoms with Crippen molar-refractivity contribution in [3.8, 4) is 0 Å². The topological polar surface area (TPSA) is 47.8 Å². The molecule has 0 aromatic carbocycles. The Bertz CT molecular complexity index is 475. The van der Waals surface area contributed by atoms with Gasteiger partial charge in [-0.05, 0) is 6.07 Å². The van der Waals surface area contributed by atoms with Crippen LogP contribution in [0.4, 0.5) is 0 Å². The lowest BCUT2D eigenvalue weighted by molar-refractivity contribution is 0.870. The van der Waals surface area contributed by atoms with Crippen molar-refractivity contribution >= 4 is 10.8 Å². The molecular weight excluding hydrogens is 154 g/mol. The van der Waals surface area contributed by atoms with Crippen molar-refractivity contribution in [2.75, 3.05) is 0 Å². The summed E-state index contributed by atoms with van der Waals surface area (Å²) in [6, 6.07) is 1.84. The summed E-state index contributed by atoms with van der Waals surface area (Å²) in [6.07, 6.45) is 4.78. The first-order valence-electron chi connectivity index (χ1n) is 3.55. The Labute approximate surface area is 68.5 Å². The Balaban J connectivity index is 3.01. The third kappa shape index (κ3) is 0.887. The van der Waals surface area contributed by atoms with Gasteiger partial charge in [-0.15, -0.1) is 0 Å². The lowest BCUT2D eigenvalue weighted by atomic mass is 10.2. The van der Waals surface area contributed by atoms with Gasteiger partial charge in [-0.3, -0.25) is 4.79 Å². The van der Waals surface area contributed by atoms with Crippen LogP contribution in [-0.2, 0) is 7.05 Å². The fourth-order valence-corrected chi connectivity index (χ4v) is 1.09. The van der Waals surface area contributed by atoms with Crippen molar-refractivity contribution < 1.29 is 0 Å². The molecule has 0 aliphatic heterocycles. The van der Waals surface area contributed by atoms with Crippen LogP contribution < -0.4 is 5.56 Å². The van der Waals surface area contributed by atoms with E-state index < -0.39 is 0 Å². The van der Waals surface area contributed by atoms with Crippen molar-refractivity contribution in [3.05, 3.63) is 35.0 Å². The Morgan fingerprint density at radius 1 is 1.33 bits per heavy atom. The highest BCUT2D eigenvalue weighted by Crippen LogP contribution is 2.03. The quantitative estimate of drug-likeness (QED) is 0.559. The van der Waals surface area contributed by atoms with Gasteiger partial charge in [0.15, 0.2) is 0 Å². The summed E-state index contributed by atoms with van der Waals surface area (Å²) in [5.74, 6) is 0. The zero-order valence-electron chi connectivity index (χ0n) is 6.56. The molecule has 0 saturated heterocycles. The summed E-state index contributed by atoms with van der Waals surface area (Å²) in [6.45, 7) is 0. The molecule has 12 heavy (non-hydrogen) atoms. The summed E-state index contributed by atoms with van der Waals surface area (Å²) < 4.78 is 1.52. The van der Waals surface area contributed by atoms with E-state index in [-0.39, 0.29) is 5.56 Å². The molecule has 0 aliphatic carbocycles. The molecule has 0 saturated carbocycles. The zero-order valence-corrected chi connectivity index (χ0v) is 6.56. The molecule has 4 nitrogen and oxygen atoms in total. The summed E-state index contributed by atoms with van der Waals surface area (Å²) >= 11 is 0. The first-order valence-corrected chi connectivity index (χ1v) is 3.55. The van der Waals surface area contributed by atoms with Crippen molar-refractivity contribution in [1.29, 1.82) is 0 Å². The molecule has 0 atom stereocenters. The van der Waals surface area contributed by atoms with E-state index in [1.165, 1.54) is 10.8 Å². The molecule has 4 heteroatoms. The summed E-state index contributed by atoms with van der Waals surface area (Å²) in [5.41, 5.74) is -0.0394. The second-order valence-electron chi connectivity index (χ2n) is 2.59. The average Bonchev–Trinajstić information content (AvgIpc) is 2.12. The highest BCUT2D eigenvalue weighted by atomic mass is 16.1. The Morgan fingerprint density at radius 2 is 2.08 bits per heavy atom. The van der Waals surface area contributed by atoms with Crippen molar-refractivity contribution in [2.45, 2.75) is 0 Å². The molecule has 0 fully saturated rings. The molecule has 0 radical (unpaired) electrons. The molecule has 0 aliphatic rings. The second-order valence-corrected chi connectivity index (χ2v) is 2.59. The summed E-state index contributed by atoms with van der Waals surface area (Å²) in [7, 11) is 1.71. The monoisotopic (exact) mass is 161 g/mol. The van der Waals surface area contributed by atoms with Crippen LogP contribution in [0.5, 0.6) is 0 Å². The van der Waals surface area contributed by atoms with Gasteiger partial charge < -0.3 is 4.57 Å². The molecule has 2 aromatic heterocycles. The predicted molar refractivity (Wildman–Crippen MR) is 44.8 cm³/mol. The third-order valence-electron chi connectivity index (χ3n) is 1.79. The van der Waals surface area contributed by atoms with Crippen LogP contribution in [0, 0.1) is 0 Å². The smallest absolute Gasteiger partial charge is 0.259 e. The van der Waals surface area contributed by atoms with E-state index in [1.54, 1.807) is 19.4 Å². The van der Waals surface area contributed by atoms with E-state index in [4.69, 9.17) is 0 Å². The average molecular weight is 161 g/mol. The number of aromatic nitrogens is 3. The van der Waals surface area contributed by atoms with Crippen LogP contribution in [0.2, 0.25) is 0 Å².